The second kappa shape index (κ2) is 9.15. The van der Waals surface area contributed by atoms with Gasteiger partial charge in [0.2, 0.25) is 11.7 Å². The van der Waals surface area contributed by atoms with Crippen LogP contribution >= 0.6 is 0 Å². The monoisotopic (exact) mass is 297 g/mol. The van der Waals surface area contributed by atoms with Crippen LogP contribution in [0.3, 0.4) is 0 Å². The van der Waals surface area contributed by atoms with E-state index in [1.807, 2.05) is 0 Å². The van der Waals surface area contributed by atoms with Crippen LogP contribution in [0.4, 0.5) is 0 Å². The van der Waals surface area contributed by atoms with Crippen molar-refractivity contribution in [3.63, 3.8) is 0 Å². The molecule has 1 aromatic rings. The van der Waals surface area contributed by atoms with Crippen molar-refractivity contribution >= 4 is 0 Å². The average molecular weight is 297 g/mol. The van der Waals surface area contributed by atoms with Gasteiger partial charge in [0, 0.05) is 19.6 Å². The molecule has 1 aromatic heterocycles. The van der Waals surface area contributed by atoms with Gasteiger partial charge >= 0.3 is 0 Å². The predicted molar refractivity (Wildman–Crippen MR) is 84.3 cm³/mol. The molecule has 0 radical (unpaired) electrons. The van der Waals surface area contributed by atoms with Crippen LogP contribution in [0.15, 0.2) is 4.52 Å². The molecule has 0 aliphatic carbocycles. The molecule has 1 unspecified atom stereocenters. The molecule has 0 aliphatic heterocycles. The maximum Gasteiger partial charge on any atom is 0.228 e. The molecule has 0 saturated heterocycles. The quantitative estimate of drug-likeness (QED) is 0.678. The van der Waals surface area contributed by atoms with Crippen molar-refractivity contribution in [1.29, 1.82) is 0 Å². The van der Waals surface area contributed by atoms with E-state index in [-0.39, 0.29) is 0 Å². The zero-order valence-corrected chi connectivity index (χ0v) is 14.2. The Balaban J connectivity index is 2.76. The van der Waals surface area contributed by atoms with E-state index in [1.54, 1.807) is 7.11 Å². The van der Waals surface area contributed by atoms with E-state index in [9.17, 15) is 0 Å². The Morgan fingerprint density at radius 2 is 1.90 bits per heavy atom. The SMILES string of the molecule is CCCNC(CCC)Cc1nc(C(CC)(CC)OC)no1. The zero-order chi connectivity index (χ0) is 15.7. The van der Waals surface area contributed by atoms with E-state index in [0.29, 0.717) is 17.8 Å². The second-order valence-electron chi connectivity index (χ2n) is 5.56. The number of rotatable bonds is 11. The molecule has 0 aliphatic rings. The van der Waals surface area contributed by atoms with Crippen LogP contribution in [0.5, 0.6) is 0 Å². The molecular formula is C16H31N3O2. The molecule has 5 heteroatoms. The highest BCUT2D eigenvalue weighted by Gasteiger charge is 2.33. The van der Waals surface area contributed by atoms with E-state index < -0.39 is 5.60 Å². The standard InChI is InChI=1S/C16H31N3O2/c1-6-10-13(17-11-7-2)12-14-18-15(19-21-14)16(8-3,9-4)20-5/h13,17H,6-12H2,1-5H3. The predicted octanol–water partition coefficient (Wildman–Crippen LogP) is 3.44. The van der Waals surface area contributed by atoms with Crippen molar-refractivity contribution in [2.75, 3.05) is 13.7 Å². The van der Waals surface area contributed by atoms with Gasteiger partial charge in [-0.15, -0.1) is 0 Å². The van der Waals surface area contributed by atoms with E-state index in [4.69, 9.17) is 9.26 Å². The van der Waals surface area contributed by atoms with Gasteiger partial charge in [-0.25, -0.2) is 0 Å². The Morgan fingerprint density at radius 3 is 2.43 bits per heavy atom. The molecule has 1 heterocycles. The molecule has 21 heavy (non-hydrogen) atoms. The van der Waals surface area contributed by atoms with Crippen molar-refractivity contribution in [2.45, 2.75) is 77.9 Å². The van der Waals surface area contributed by atoms with Crippen molar-refractivity contribution in [2.24, 2.45) is 0 Å². The van der Waals surface area contributed by atoms with E-state index in [2.05, 4.69) is 43.2 Å². The van der Waals surface area contributed by atoms with Crippen LogP contribution in [0.2, 0.25) is 0 Å². The molecular weight excluding hydrogens is 266 g/mol. The number of methoxy groups -OCH3 is 1. The van der Waals surface area contributed by atoms with E-state index >= 15 is 0 Å². The van der Waals surface area contributed by atoms with Crippen molar-refractivity contribution in [1.82, 2.24) is 15.5 Å². The maximum atomic E-state index is 5.65. The molecule has 5 nitrogen and oxygen atoms in total. The Labute approximate surface area is 128 Å². The van der Waals surface area contributed by atoms with Crippen molar-refractivity contribution in [3.8, 4) is 0 Å². The summed E-state index contributed by atoms with van der Waals surface area (Å²) in [6, 6.07) is 0.406. The summed E-state index contributed by atoms with van der Waals surface area (Å²) < 4.78 is 11.1. The van der Waals surface area contributed by atoms with E-state index in [1.165, 1.54) is 0 Å². The molecule has 0 amide bonds. The molecule has 0 saturated carbocycles. The lowest BCUT2D eigenvalue weighted by Gasteiger charge is -2.25. The summed E-state index contributed by atoms with van der Waals surface area (Å²) in [6.07, 6.45) is 5.86. The first-order chi connectivity index (χ1) is 10.2. The average Bonchev–Trinajstić information content (AvgIpc) is 2.96. The van der Waals surface area contributed by atoms with Crippen LogP contribution < -0.4 is 5.32 Å². The minimum Gasteiger partial charge on any atom is -0.370 e. The first kappa shape index (κ1) is 18.1. The molecule has 122 valence electrons. The number of nitrogens with one attached hydrogen (secondary N) is 1. The molecule has 0 spiro atoms. The van der Waals surface area contributed by atoms with Crippen LogP contribution in [-0.4, -0.2) is 29.8 Å². The minimum atomic E-state index is -0.418. The first-order valence-electron chi connectivity index (χ1n) is 8.27. The highest BCUT2D eigenvalue weighted by atomic mass is 16.5. The maximum absolute atomic E-state index is 5.65. The van der Waals surface area contributed by atoms with Gasteiger partial charge in [0.25, 0.3) is 0 Å². The number of ether oxygens (including phenoxy) is 1. The van der Waals surface area contributed by atoms with Crippen LogP contribution in [0.1, 0.15) is 71.5 Å². The first-order valence-corrected chi connectivity index (χ1v) is 8.27. The van der Waals surface area contributed by atoms with Crippen LogP contribution in [0, 0.1) is 0 Å². The van der Waals surface area contributed by atoms with Gasteiger partial charge in [0.05, 0.1) is 0 Å². The molecule has 1 N–H and O–H groups in total. The third kappa shape index (κ3) is 4.78. The molecule has 0 bridgehead atoms. The second-order valence-corrected chi connectivity index (χ2v) is 5.56. The number of hydrogen-bond acceptors (Lipinski definition) is 5. The van der Waals surface area contributed by atoms with Crippen molar-refractivity contribution in [3.05, 3.63) is 11.7 Å². The van der Waals surface area contributed by atoms with E-state index in [0.717, 1.165) is 45.1 Å². The lowest BCUT2D eigenvalue weighted by Crippen LogP contribution is -2.32. The lowest BCUT2D eigenvalue weighted by molar-refractivity contribution is -0.0306. The summed E-state index contributed by atoms with van der Waals surface area (Å²) in [4.78, 5) is 4.58. The summed E-state index contributed by atoms with van der Waals surface area (Å²) in [5.41, 5.74) is -0.418. The fourth-order valence-corrected chi connectivity index (χ4v) is 2.65. The number of nitrogens with zero attached hydrogens (tertiary/aromatic N) is 2. The molecule has 1 rings (SSSR count). The van der Waals surface area contributed by atoms with Gasteiger partial charge in [-0.3, -0.25) is 0 Å². The fourth-order valence-electron chi connectivity index (χ4n) is 2.65. The summed E-state index contributed by atoms with van der Waals surface area (Å²) >= 11 is 0. The third-order valence-corrected chi connectivity index (χ3v) is 4.15. The third-order valence-electron chi connectivity index (χ3n) is 4.15. The zero-order valence-electron chi connectivity index (χ0n) is 14.2. The number of aromatic nitrogens is 2. The Bertz CT molecular complexity index is 380. The smallest absolute Gasteiger partial charge is 0.228 e. The van der Waals surface area contributed by atoms with Gasteiger partial charge in [0.15, 0.2) is 0 Å². The van der Waals surface area contributed by atoms with Gasteiger partial charge in [-0.1, -0.05) is 39.3 Å². The largest absolute Gasteiger partial charge is 0.370 e. The van der Waals surface area contributed by atoms with Gasteiger partial charge in [-0.05, 0) is 32.2 Å². The lowest BCUT2D eigenvalue weighted by atomic mass is 9.96. The van der Waals surface area contributed by atoms with Crippen molar-refractivity contribution < 1.29 is 9.26 Å². The number of hydrogen-bond donors (Lipinski definition) is 1. The minimum absolute atomic E-state index is 0.406. The molecule has 0 fully saturated rings. The summed E-state index contributed by atoms with van der Waals surface area (Å²) in [7, 11) is 1.71. The summed E-state index contributed by atoms with van der Waals surface area (Å²) in [6.45, 7) is 9.58. The highest BCUT2D eigenvalue weighted by Crippen LogP contribution is 2.30. The molecule has 0 aromatic carbocycles. The van der Waals surface area contributed by atoms with Gasteiger partial charge < -0.3 is 14.6 Å². The summed E-state index contributed by atoms with van der Waals surface area (Å²) in [5, 5.41) is 7.71. The molecule has 1 atom stereocenters. The highest BCUT2D eigenvalue weighted by molar-refractivity contribution is 5.01. The van der Waals surface area contributed by atoms with Gasteiger partial charge in [-0.2, -0.15) is 4.98 Å². The van der Waals surface area contributed by atoms with Crippen LogP contribution in [0.25, 0.3) is 0 Å². The summed E-state index contributed by atoms with van der Waals surface area (Å²) in [5.74, 6) is 1.38. The Kier molecular flexibility index (Phi) is 7.89. The Hall–Kier alpha value is -0.940. The Morgan fingerprint density at radius 1 is 1.19 bits per heavy atom. The fraction of sp³-hybridized carbons (Fsp3) is 0.875. The van der Waals surface area contributed by atoms with Crippen LogP contribution in [-0.2, 0) is 16.8 Å². The normalized spacial score (nSPS) is 13.6. The van der Waals surface area contributed by atoms with Gasteiger partial charge in [0.1, 0.15) is 5.60 Å². The topological polar surface area (TPSA) is 60.2 Å².